The molecule has 0 bridgehead atoms. The van der Waals surface area contributed by atoms with Crippen LogP contribution in [0.4, 0.5) is 4.39 Å². The Labute approximate surface area is 82.5 Å². The van der Waals surface area contributed by atoms with Gasteiger partial charge in [0.05, 0.1) is 6.61 Å². The summed E-state index contributed by atoms with van der Waals surface area (Å²) >= 11 is 5.34. The molecule has 1 aromatic carbocycles. The molecule has 0 N–H and O–H groups in total. The number of benzene rings is 1. The van der Waals surface area contributed by atoms with Crippen molar-refractivity contribution in [3.05, 3.63) is 29.8 Å². The molecule has 72 valence electrons. The lowest BCUT2D eigenvalue weighted by molar-refractivity contribution is 0.307. The molecule has 0 heterocycles. The lowest BCUT2D eigenvalue weighted by atomic mass is 10.2. The van der Waals surface area contributed by atoms with Gasteiger partial charge in [-0.15, -0.1) is 0 Å². The number of ether oxygens (including phenoxy) is 1. The highest BCUT2D eigenvalue weighted by atomic mass is 35.5. The maximum Gasteiger partial charge on any atom is 0.202 e. The Morgan fingerprint density at radius 1 is 1.46 bits per heavy atom. The van der Waals surface area contributed by atoms with Crippen LogP contribution in [0.2, 0.25) is 0 Å². The molecule has 0 spiro atoms. The van der Waals surface area contributed by atoms with E-state index in [1.807, 2.05) is 6.92 Å². The van der Waals surface area contributed by atoms with E-state index in [1.54, 1.807) is 24.3 Å². The average Bonchev–Trinajstić information content (AvgIpc) is 2.15. The Morgan fingerprint density at radius 2 is 2.15 bits per heavy atom. The largest absolute Gasteiger partial charge is 0.493 e. The SMILES string of the molecule is CCCOc1ccccc1C(F)Cl. The maximum atomic E-state index is 12.8. The van der Waals surface area contributed by atoms with Gasteiger partial charge >= 0.3 is 0 Å². The molecule has 0 aliphatic carbocycles. The molecule has 0 aromatic heterocycles. The van der Waals surface area contributed by atoms with Gasteiger partial charge in [-0.3, -0.25) is 0 Å². The van der Waals surface area contributed by atoms with Crippen LogP contribution in [0, 0.1) is 0 Å². The molecule has 0 saturated heterocycles. The van der Waals surface area contributed by atoms with Crippen LogP contribution >= 0.6 is 11.6 Å². The normalized spacial score (nSPS) is 12.5. The van der Waals surface area contributed by atoms with Gasteiger partial charge < -0.3 is 4.74 Å². The van der Waals surface area contributed by atoms with Crippen molar-refractivity contribution in [3.8, 4) is 5.75 Å². The Hall–Kier alpha value is -0.760. The highest BCUT2D eigenvalue weighted by molar-refractivity contribution is 6.20. The molecule has 1 atom stereocenters. The zero-order chi connectivity index (χ0) is 9.68. The fourth-order valence-electron chi connectivity index (χ4n) is 1.00. The summed E-state index contributed by atoms with van der Waals surface area (Å²) in [5, 5.41) is 0. The lowest BCUT2D eigenvalue weighted by Gasteiger charge is -2.09. The van der Waals surface area contributed by atoms with E-state index in [0.717, 1.165) is 6.42 Å². The van der Waals surface area contributed by atoms with E-state index in [1.165, 1.54) is 0 Å². The van der Waals surface area contributed by atoms with Crippen LogP contribution in [0.25, 0.3) is 0 Å². The van der Waals surface area contributed by atoms with Crippen LogP contribution < -0.4 is 4.74 Å². The summed E-state index contributed by atoms with van der Waals surface area (Å²) < 4.78 is 18.1. The molecule has 3 heteroatoms. The molecular weight excluding hydrogens is 191 g/mol. The third kappa shape index (κ3) is 2.88. The van der Waals surface area contributed by atoms with Gasteiger partial charge in [0.25, 0.3) is 0 Å². The van der Waals surface area contributed by atoms with E-state index >= 15 is 0 Å². The van der Waals surface area contributed by atoms with Gasteiger partial charge in [-0.05, 0) is 12.5 Å². The molecule has 0 radical (unpaired) electrons. The van der Waals surface area contributed by atoms with Gasteiger partial charge in [-0.1, -0.05) is 36.7 Å². The lowest BCUT2D eigenvalue weighted by Crippen LogP contribution is -1.98. The zero-order valence-electron chi connectivity index (χ0n) is 7.47. The van der Waals surface area contributed by atoms with Crippen molar-refractivity contribution in [1.29, 1.82) is 0 Å². The summed E-state index contributed by atoms with van der Waals surface area (Å²) in [4.78, 5) is 0. The Kier molecular flexibility index (Phi) is 4.03. The molecule has 0 aliphatic heterocycles. The van der Waals surface area contributed by atoms with Gasteiger partial charge in [0, 0.05) is 5.56 Å². The van der Waals surface area contributed by atoms with Crippen LogP contribution in [0.15, 0.2) is 24.3 Å². The standard InChI is InChI=1S/C10H12ClFO/c1-2-7-13-9-6-4-3-5-8(9)10(11)12/h3-6,10H,2,7H2,1H3. The van der Waals surface area contributed by atoms with Crippen LogP contribution in [0.1, 0.15) is 24.5 Å². The Morgan fingerprint density at radius 3 is 2.77 bits per heavy atom. The summed E-state index contributed by atoms with van der Waals surface area (Å²) in [6.07, 6.45) is 0.896. The number of hydrogen-bond donors (Lipinski definition) is 0. The second-order valence-electron chi connectivity index (χ2n) is 2.69. The molecule has 1 aromatic rings. The molecule has 13 heavy (non-hydrogen) atoms. The number of alkyl halides is 2. The number of hydrogen-bond acceptors (Lipinski definition) is 1. The van der Waals surface area contributed by atoms with Crippen molar-refractivity contribution in [1.82, 2.24) is 0 Å². The van der Waals surface area contributed by atoms with Crippen LogP contribution in [-0.2, 0) is 0 Å². The summed E-state index contributed by atoms with van der Waals surface area (Å²) in [7, 11) is 0. The minimum absolute atomic E-state index is 0.401. The second-order valence-corrected chi connectivity index (χ2v) is 3.07. The molecule has 1 unspecified atom stereocenters. The minimum atomic E-state index is -1.49. The van der Waals surface area contributed by atoms with Crippen LogP contribution in [0.5, 0.6) is 5.75 Å². The molecule has 1 nitrogen and oxygen atoms in total. The van der Waals surface area contributed by atoms with E-state index < -0.39 is 5.63 Å². The molecule has 0 aliphatic rings. The van der Waals surface area contributed by atoms with Gasteiger partial charge in [-0.25, -0.2) is 4.39 Å². The average molecular weight is 203 g/mol. The van der Waals surface area contributed by atoms with Crippen molar-refractivity contribution in [2.75, 3.05) is 6.61 Å². The highest BCUT2D eigenvalue weighted by Gasteiger charge is 2.10. The van der Waals surface area contributed by atoms with Crippen LogP contribution in [0.3, 0.4) is 0 Å². The summed E-state index contributed by atoms with van der Waals surface area (Å²) in [5.74, 6) is 0.534. The molecule has 1 rings (SSSR count). The third-order valence-corrected chi connectivity index (χ3v) is 1.85. The van der Waals surface area contributed by atoms with Gasteiger partial charge in [-0.2, -0.15) is 0 Å². The summed E-state index contributed by atoms with van der Waals surface area (Å²) in [6, 6.07) is 6.89. The van der Waals surface area contributed by atoms with E-state index in [2.05, 4.69) is 0 Å². The summed E-state index contributed by atoms with van der Waals surface area (Å²) in [5.41, 5.74) is -1.09. The van der Waals surface area contributed by atoms with Crippen molar-refractivity contribution in [2.45, 2.75) is 19.0 Å². The van der Waals surface area contributed by atoms with E-state index in [-0.39, 0.29) is 0 Å². The van der Waals surface area contributed by atoms with Crippen molar-refractivity contribution < 1.29 is 9.13 Å². The van der Waals surface area contributed by atoms with E-state index in [9.17, 15) is 4.39 Å². The first-order valence-electron chi connectivity index (χ1n) is 4.25. The third-order valence-electron chi connectivity index (χ3n) is 1.62. The maximum absolute atomic E-state index is 12.8. The minimum Gasteiger partial charge on any atom is -0.493 e. The van der Waals surface area contributed by atoms with Crippen molar-refractivity contribution in [3.63, 3.8) is 0 Å². The number of halogens is 2. The number of para-hydroxylation sites is 1. The number of rotatable bonds is 4. The fourth-order valence-corrected chi connectivity index (χ4v) is 1.18. The van der Waals surface area contributed by atoms with E-state index in [0.29, 0.717) is 17.9 Å². The van der Waals surface area contributed by atoms with Gasteiger partial charge in [0.15, 0.2) is 0 Å². The first kappa shape index (κ1) is 10.3. The van der Waals surface area contributed by atoms with Crippen molar-refractivity contribution in [2.24, 2.45) is 0 Å². The summed E-state index contributed by atoms with van der Waals surface area (Å²) in [6.45, 7) is 2.58. The predicted molar refractivity (Wildman–Crippen MR) is 51.9 cm³/mol. The Bertz CT molecular complexity index is 263. The fraction of sp³-hybridized carbons (Fsp3) is 0.400. The second kappa shape index (κ2) is 5.07. The van der Waals surface area contributed by atoms with E-state index in [4.69, 9.17) is 16.3 Å². The Balaban J connectivity index is 2.78. The van der Waals surface area contributed by atoms with Gasteiger partial charge in [0.2, 0.25) is 5.63 Å². The molecule has 0 fully saturated rings. The monoisotopic (exact) mass is 202 g/mol. The first-order chi connectivity index (χ1) is 6.25. The zero-order valence-corrected chi connectivity index (χ0v) is 8.22. The van der Waals surface area contributed by atoms with Crippen LogP contribution in [-0.4, -0.2) is 6.61 Å². The quantitative estimate of drug-likeness (QED) is 0.677. The smallest absolute Gasteiger partial charge is 0.202 e. The first-order valence-corrected chi connectivity index (χ1v) is 4.69. The highest BCUT2D eigenvalue weighted by Crippen LogP contribution is 2.30. The van der Waals surface area contributed by atoms with Crippen molar-refractivity contribution >= 4 is 11.6 Å². The molecule has 0 saturated carbocycles. The molecular formula is C10H12ClFO. The predicted octanol–water partition coefficient (Wildman–Crippen LogP) is 3.68. The topological polar surface area (TPSA) is 9.23 Å². The van der Waals surface area contributed by atoms with Gasteiger partial charge in [0.1, 0.15) is 5.75 Å². The molecule has 0 amide bonds.